The summed E-state index contributed by atoms with van der Waals surface area (Å²) in [5.41, 5.74) is 1.78. The fourth-order valence-corrected chi connectivity index (χ4v) is 4.91. The molecule has 1 saturated heterocycles. The van der Waals surface area contributed by atoms with E-state index < -0.39 is 17.7 Å². The third-order valence-electron chi connectivity index (χ3n) is 5.47. The molecule has 1 aliphatic rings. The maximum atomic E-state index is 13.0. The maximum Gasteiger partial charge on any atom is 0.416 e. The van der Waals surface area contributed by atoms with E-state index >= 15 is 0 Å². The Labute approximate surface area is 181 Å². The Bertz CT molecular complexity index is 1100. The first-order valence-corrected chi connectivity index (χ1v) is 10.8. The summed E-state index contributed by atoms with van der Waals surface area (Å²) in [6.07, 6.45) is -4.36. The van der Waals surface area contributed by atoms with Gasteiger partial charge in [-0.05, 0) is 36.2 Å². The van der Waals surface area contributed by atoms with Gasteiger partial charge in [0.1, 0.15) is 0 Å². The predicted molar refractivity (Wildman–Crippen MR) is 114 cm³/mol. The van der Waals surface area contributed by atoms with Gasteiger partial charge < -0.3 is 10.0 Å². The lowest BCUT2D eigenvalue weighted by atomic mass is 10.1. The second-order valence-electron chi connectivity index (χ2n) is 7.83. The van der Waals surface area contributed by atoms with Crippen molar-refractivity contribution in [1.82, 2.24) is 9.88 Å². The molecule has 31 heavy (non-hydrogen) atoms. The zero-order chi connectivity index (χ0) is 22.2. The summed E-state index contributed by atoms with van der Waals surface area (Å²) in [6.45, 7) is 5.07. The molecule has 2 heterocycles. The van der Waals surface area contributed by atoms with Gasteiger partial charge in [0, 0.05) is 32.2 Å². The Kier molecular flexibility index (Phi) is 5.90. The third kappa shape index (κ3) is 4.99. The number of hydrogen-bond donors (Lipinski definition) is 1. The number of alkyl halides is 3. The van der Waals surface area contributed by atoms with Gasteiger partial charge in [-0.15, -0.1) is 0 Å². The minimum Gasteiger partial charge on any atom is -0.481 e. The van der Waals surface area contributed by atoms with E-state index in [2.05, 4.69) is 21.7 Å². The van der Waals surface area contributed by atoms with Gasteiger partial charge in [0.2, 0.25) is 0 Å². The number of hydrogen-bond acceptors (Lipinski definition) is 5. The van der Waals surface area contributed by atoms with Crippen LogP contribution in [0.15, 0.2) is 42.5 Å². The number of aliphatic carboxylic acids is 1. The first kappa shape index (κ1) is 21.6. The number of carboxylic acid groups (broad SMARTS) is 1. The predicted octanol–water partition coefficient (Wildman–Crippen LogP) is 4.65. The average molecular weight is 449 g/mol. The van der Waals surface area contributed by atoms with E-state index in [0.717, 1.165) is 48.5 Å². The minimum atomic E-state index is -4.36. The van der Waals surface area contributed by atoms with Crippen molar-refractivity contribution in [3.63, 3.8) is 0 Å². The van der Waals surface area contributed by atoms with Crippen LogP contribution in [0.4, 0.5) is 18.3 Å². The number of anilines is 1. The van der Waals surface area contributed by atoms with Crippen molar-refractivity contribution < 1.29 is 23.1 Å². The van der Waals surface area contributed by atoms with E-state index in [-0.39, 0.29) is 12.5 Å². The number of carbonyl (C=O) groups is 1. The lowest BCUT2D eigenvalue weighted by Gasteiger charge is -2.39. The van der Waals surface area contributed by atoms with E-state index in [1.54, 1.807) is 0 Å². The van der Waals surface area contributed by atoms with Crippen LogP contribution in [0.1, 0.15) is 23.6 Å². The quantitative estimate of drug-likeness (QED) is 0.614. The van der Waals surface area contributed by atoms with E-state index in [0.29, 0.717) is 10.2 Å². The summed E-state index contributed by atoms with van der Waals surface area (Å²) in [7, 11) is 0. The van der Waals surface area contributed by atoms with Crippen molar-refractivity contribution in [2.24, 2.45) is 0 Å². The molecule has 164 valence electrons. The molecule has 0 aliphatic carbocycles. The van der Waals surface area contributed by atoms with Crippen molar-refractivity contribution in [1.29, 1.82) is 0 Å². The molecule has 0 amide bonds. The van der Waals surface area contributed by atoms with Crippen molar-refractivity contribution in [2.45, 2.75) is 32.1 Å². The Balaban J connectivity index is 1.44. The Hall–Kier alpha value is -2.65. The monoisotopic (exact) mass is 449 g/mol. The van der Waals surface area contributed by atoms with Crippen molar-refractivity contribution in [3.8, 4) is 0 Å². The third-order valence-corrected chi connectivity index (χ3v) is 6.55. The van der Waals surface area contributed by atoms with Crippen LogP contribution in [-0.2, 0) is 23.9 Å². The Morgan fingerprint density at radius 2 is 1.97 bits per heavy atom. The molecule has 0 bridgehead atoms. The summed E-state index contributed by atoms with van der Waals surface area (Å²) in [6, 6.07) is 11.5. The number of nitrogens with zero attached hydrogens (tertiary/aromatic N) is 3. The second kappa shape index (κ2) is 8.47. The zero-order valence-corrected chi connectivity index (χ0v) is 17.7. The number of aromatic nitrogens is 1. The van der Waals surface area contributed by atoms with Crippen LogP contribution in [-0.4, -0.2) is 46.6 Å². The summed E-state index contributed by atoms with van der Waals surface area (Å²) in [5, 5.41) is 9.73. The number of carboxylic acids is 1. The number of benzene rings is 2. The highest BCUT2D eigenvalue weighted by Crippen LogP contribution is 2.35. The largest absolute Gasteiger partial charge is 0.481 e. The minimum absolute atomic E-state index is 0.00479. The number of rotatable bonds is 5. The van der Waals surface area contributed by atoms with Gasteiger partial charge >= 0.3 is 12.1 Å². The van der Waals surface area contributed by atoms with E-state index in [4.69, 9.17) is 5.11 Å². The van der Waals surface area contributed by atoms with Gasteiger partial charge in [-0.25, -0.2) is 4.98 Å². The van der Waals surface area contributed by atoms with Gasteiger partial charge in [0.25, 0.3) is 0 Å². The summed E-state index contributed by atoms with van der Waals surface area (Å²) >= 11 is 1.29. The lowest BCUT2D eigenvalue weighted by molar-refractivity contribution is -0.138. The molecule has 1 fully saturated rings. The molecule has 2 aromatic carbocycles. The first-order valence-electron chi connectivity index (χ1n) is 9.95. The van der Waals surface area contributed by atoms with E-state index in [1.165, 1.54) is 23.5 Å². The number of thiazole rings is 1. The van der Waals surface area contributed by atoms with Gasteiger partial charge in [-0.3, -0.25) is 9.69 Å². The molecule has 4 rings (SSSR count). The summed E-state index contributed by atoms with van der Waals surface area (Å²) in [4.78, 5) is 19.9. The van der Waals surface area contributed by atoms with E-state index in [1.807, 2.05) is 24.3 Å². The number of fused-ring (bicyclic) bond motifs is 1. The number of piperazine rings is 1. The molecule has 3 aromatic rings. The highest BCUT2D eigenvalue weighted by Gasteiger charge is 2.31. The van der Waals surface area contributed by atoms with Gasteiger partial charge in [0.05, 0.1) is 22.2 Å². The first-order chi connectivity index (χ1) is 14.7. The Morgan fingerprint density at radius 3 is 2.68 bits per heavy atom. The molecule has 1 N–H and O–H groups in total. The van der Waals surface area contributed by atoms with Gasteiger partial charge in [0.15, 0.2) is 5.13 Å². The lowest BCUT2D eigenvalue weighted by Crippen LogP contribution is -2.51. The molecule has 9 heteroatoms. The van der Waals surface area contributed by atoms with Crippen molar-refractivity contribution in [3.05, 3.63) is 59.2 Å². The average Bonchev–Trinajstić information content (AvgIpc) is 3.12. The number of halogens is 3. The van der Waals surface area contributed by atoms with Crippen LogP contribution in [0.2, 0.25) is 0 Å². The van der Waals surface area contributed by atoms with Crippen LogP contribution in [0.25, 0.3) is 10.2 Å². The van der Waals surface area contributed by atoms with Crippen molar-refractivity contribution >= 4 is 32.7 Å². The van der Waals surface area contributed by atoms with Crippen LogP contribution < -0.4 is 4.90 Å². The van der Waals surface area contributed by atoms with Crippen LogP contribution in [0.3, 0.4) is 0 Å². The topological polar surface area (TPSA) is 56.7 Å². The smallest absolute Gasteiger partial charge is 0.416 e. The molecular weight excluding hydrogens is 427 g/mol. The molecule has 1 atom stereocenters. The maximum absolute atomic E-state index is 13.0. The van der Waals surface area contributed by atoms with Gasteiger partial charge in [-0.2, -0.15) is 13.2 Å². The van der Waals surface area contributed by atoms with Gasteiger partial charge in [-0.1, -0.05) is 35.6 Å². The molecule has 0 radical (unpaired) electrons. The molecule has 0 saturated carbocycles. The van der Waals surface area contributed by atoms with E-state index in [9.17, 15) is 18.0 Å². The SMILES string of the molecule is CC1CN(c2nc3ccc(C(F)(F)F)cc3s2)CCN1Cc1cccc(CC(=O)O)c1. The molecule has 1 aliphatic heterocycles. The molecule has 0 spiro atoms. The van der Waals surface area contributed by atoms with Crippen LogP contribution in [0, 0.1) is 0 Å². The second-order valence-corrected chi connectivity index (χ2v) is 8.84. The molecule has 1 unspecified atom stereocenters. The van der Waals surface area contributed by atoms with Crippen LogP contribution in [0.5, 0.6) is 0 Å². The standard InChI is InChI=1S/C22H22F3N3O2S/c1-14-12-28(21-26-18-6-5-17(22(23,24)25)11-19(18)31-21)8-7-27(14)13-16-4-2-3-15(9-16)10-20(29)30/h2-6,9,11,14H,7-8,10,12-13H2,1H3,(H,29,30). The van der Waals surface area contributed by atoms with Crippen LogP contribution >= 0.6 is 11.3 Å². The highest BCUT2D eigenvalue weighted by molar-refractivity contribution is 7.22. The zero-order valence-electron chi connectivity index (χ0n) is 16.9. The molecule has 5 nitrogen and oxygen atoms in total. The molecule has 1 aromatic heterocycles. The van der Waals surface area contributed by atoms with Crippen molar-refractivity contribution in [2.75, 3.05) is 24.5 Å². The highest BCUT2D eigenvalue weighted by atomic mass is 32.1. The molecular formula is C22H22F3N3O2S. The fraction of sp³-hybridized carbons (Fsp3) is 0.364. The Morgan fingerprint density at radius 1 is 1.19 bits per heavy atom. The normalized spacial score (nSPS) is 17.9. The summed E-state index contributed by atoms with van der Waals surface area (Å²) in [5.74, 6) is -0.850. The summed E-state index contributed by atoms with van der Waals surface area (Å²) < 4.78 is 39.5. The fourth-order valence-electron chi connectivity index (χ4n) is 3.88.